The van der Waals surface area contributed by atoms with Crippen LogP contribution >= 0.6 is 0 Å². The Labute approximate surface area is 296 Å². The van der Waals surface area contributed by atoms with Crippen molar-refractivity contribution in [2.24, 2.45) is 0 Å². The van der Waals surface area contributed by atoms with E-state index in [4.69, 9.17) is 4.98 Å². The number of nitrogens with zero attached hydrogens (tertiary/aromatic N) is 2. The summed E-state index contributed by atoms with van der Waals surface area (Å²) in [6.45, 7) is 2.17. The van der Waals surface area contributed by atoms with Gasteiger partial charge in [0.2, 0.25) is 0 Å². The lowest BCUT2D eigenvalue weighted by molar-refractivity contribution is 0.908. The first-order valence-corrected chi connectivity index (χ1v) is 17.8. The number of hydrogen-bond donors (Lipinski definition) is 0. The molecule has 2 heteroatoms. The van der Waals surface area contributed by atoms with E-state index in [-0.39, 0.29) is 0 Å². The van der Waals surface area contributed by atoms with Crippen LogP contribution in [0.25, 0.3) is 93.2 Å². The summed E-state index contributed by atoms with van der Waals surface area (Å²) >= 11 is 0. The van der Waals surface area contributed by atoms with Gasteiger partial charge in [-0.3, -0.25) is 4.57 Å². The van der Waals surface area contributed by atoms with Gasteiger partial charge in [-0.2, -0.15) is 0 Å². The molecule has 0 bridgehead atoms. The number of para-hydroxylation sites is 2. The minimum Gasteiger partial charge on any atom is -0.296 e. The topological polar surface area (TPSA) is 17.8 Å². The molecule has 0 saturated heterocycles. The molecular formula is C49H34N2. The van der Waals surface area contributed by atoms with Crippen LogP contribution in [0.1, 0.15) is 12.7 Å². The van der Waals surface area contributed by atoms with Crippen molar-refractivity contribution in [1.82, 2.24) is 9.55 Å². The normalized spacial score (nSPS) is 11.7. The fourth-order valence-corrected chi connectivity index (χ4v) is 8.15. The fourth-order valence-electron chi connectivity index (χ4n) is 8.15. The number of aromatic nitrogens is 2. The van der Waals surface area contributed by atoms with Crippen molar-refractivity contribution in [3.8, 4) is 39.1 Å². The van der Waals surface area contributed by atoms with Gasteiger partial charge in [-0.25, -0.2) is 4.98 Å². The van der Waals surface area contributed by atoms with E-state index in [1.807, 2.05) is 0 Å². The maximum Gasteiger partial charge on any atom is 0.114 e. The Morgan fingerprint density at radius 1 is 0.412 bits per heavy atom. The Balaban J connectivity index is 1.24. The van der Waals surface area contributed by atoms with Crippen molar-refractivity contribution in [1.29, 1.82) is 0 Å². The summed E-state index contributed by atoms with van der Waals surface area (Å²) in [6, 6.07) is 64.4. The van der Waals surface area contributed by atoms with Gasteiger partial charge in [0.25, 0.3) is 0 Å². The summed E-state index contributed by atoms with van der Waals surface area (Å²) in [6.07, 6.45) is 0.863. The van der Waals surface area contributed by atoms with E-state index in [9.17, 15) is 0 Å². The van der Waals surface area contributed by atoms with Gasteiger partial charge in [-0.1, -0.05) is 146 Å². The summed E-state index contributed by atoms with van der Waals surface area (Å²) in [5.74, 6) is 1.07. The molecule has 0 N–H and O–H groups in total. The van der Waals surface area contributed by atoms with Crippen LogP contribution in [-0.4, -0.2) is 9.55 Å². The summed E-state index contributed by atoms with van der Waals surface area (Å²) in [4.78, 5) is 4.94. The summed E-state index contributed by atoms with van der Waals surface area (Å²) in [7, 11) is 0. The lowest BCUT2D eigenvalue weighted by Gasteiger charge is -2.19. The molecule has 0 aliphatic carbocycles. The molecule has 0 radical (unpaired) electrons. The van der Waals surface area contributed by atoms with E-state index in [0.717, 1.165) is 29.0 Å². The van der Waals surface area contributed by atoms with Crippen LogP contribution in [0.2, 0.25) is 0 Å². The molecule has 1 aromatic heterocycles. The zero-order chi connectivity index (χ0) is 33.9. The van der Waals surface area contributed by atoms with Crippen LogP contribution in [0.15, 0.2) is 176 Å². The Bertz CT molecular complexity index is 2930. The van der Waals surface area contributed by atoms with Gasteiger partial charge < -0.3 is 0 Å². The first-order chi connectivity index (χ1) is 25.2. The first kappa shape index (κ1) is 29.4. The van der Waals surface area contributed by atoms with Gasteiger partial charge in [0.1, 0.15) is 5.82 Å². The third-order valence-electron chi connectivity index (χ3n) is 10.5. The Morgan fingerprint density at radius 3 is 1.76 bits per heavy atom. The minimum atomic E-state index is 0.863. The van der Waals surface area contributed by atoms with Crippen LogP contribution in [-0.2, 0) is 6.42 Å². The molecule has 51 heavy (non-hydrogen) atoms. The van der Waals surface area contributed by atoms with Crippen molar-refractivity contribution < 1.29 is 0 Å². The van der Waals surface area contributed by atoms with Crippen molar-refractivity contribution >= 4 is 54.1 Å². The molecular weight excluding hydrogens is 617 g/mol. The highest BCUT2D eigenvalue weighted by molar-refractivity contribution is 6.23. The molecule has 0 spiro atoms. The predicted octanol–water partition coefficient (Wildman–Crippen LogP) is 13.2. The van der Waals surface area contributed by atoms with E-state index in [1.54, 1.807) is 0 Å². The average Bonchev–Trinajstić information content (AvgIpc) is 3.59. The smallest absolute Gasteiger partial charge is 0.114 e. The van der Waals surface area contributed by atoms with E-state index < -0.39 is 0 Å². The molecule has 10 rings (SSSR count). The highest BCUT2D eigenvalue weighted by atomic mass is 15.1. The molecule has 0 aliphatic heterocycles. The lowest BCUT2D eigenvalue weighted by atomic mass is 9.84. The van der Waals surface area contributed by atoms with E-state index in [1.165, 1.54) is 76.5 Å². The summed E-state index contributed by atoms with van der Waals surface area (Å²) in [5, 5.41) is 10.1. The second kappa shape index (κ2) is 11.8. The van der Waals surface area contributed by atoms with Gasteiger partial charge >= 0.3 is 0 Å². The Hall–Kier alpha value is -6.51. The average molecular weight is 651 g/mol. The molecule has 10 aromatic rings. The number of benzene rings is 9. The van der Waals surface area contributed by atoms with Crippen LogP contribution in [0.3, 0.4) is 0 Å². The second-order valence-electron chi connectivity index (χ2n) is 13.4. The zero-order valence-corrected chi connectivity index (χ0v) is 28.3. The molecule has 0 fully saturated rings. The Kier molecular flexibility index (Phi) is 6.82. The van der Waals surface area contributed by atoms with Crippen LogP contribution < -0.4 is 0 Å². The largest absolute Gasteiger partial charge is 0.296 e. The van der Waals surface area contributed by atoms with Crippen molar-refractivity contribution in [2.75, 3.05) is 0 Å². The molecule has 1 heterocycles. The first-order valence-electron chi connectivity index (χ1n) is 17.8. The molecule has 0 saturated carbocycles. The number of hydrogen-bond acceptors (Lipinski definition) is 1. The number of rotatable bonds is 5. The van der Waals surface area contributed by atoms with Crippen molar-refractivity contribution in [2.45, 2.75) is 13.3 Å². The van der Waals surface area contributed by atoms with Gasteiger partial charge in [0.15, 0.2) is 0 Å². The van der Waals surface area contributed by atoms with E-state index >= 15 is 0 Å². The Morgan fingerprint density at radius 2 is 0.980 bits per heavy atom. The van der Waals surface area contributed by atoms with Crippen molar-refractivity contribution in [3.63, 3.8) is 0 Å². The third kappa shape index (κ3) is 4.75. The van der Waals surface area contributed by atoms with E-state index in [0.29, 0.717) is 0 Å². The standard InChI is InChI=1S/C49H34N2/c1-2-47-50-45-18-10-11-19-46(45)51(47)38-27-24-35(25-28-38)48-40-16-8-9-17-41(40)49(44-30-36(26-29-42(44)48)32-12-4-3-5-13-32)37-23-22-34-21-20-33-14-6-7-15-39(33)43(34)31-37/h3-31H,2H2,1H3. The predicted molar refractivity (Wildman–Crippen MR) is 217 cm³/mol. The van der Waals surface area contributed by atoms with Crippen LogP contribution in [0.5, 0.6) is 0 Å². The summed E-state index contributed by atoms with van der Waals surface area (Å²) < 4.78 is 2.30. The molecule has 2 nitrogen and oxygen atoms in total. The van der Waals surface area contributed by atoms with E-state index in [2.05, 4.69) is 187 Å². The van der Waals surface area contributed by atoms with Crippen LogP contribution in [0, 0.1) is 0 Å². The molecule has 0 amide bonds. The van der Waals surface area contributed by atoms with Crippen LogP contribution in [0.4, 0.5) is 0 Å². The summed E-state index contributed by atoms with van der Waals surface area (Å²) in [5.41, 5.74) is 10.7. The monoisotopic (exact) mass is 650 g/mol. The highest BCUT2D eigenvalue weighted by Gasteiger charge is 2.19. The lowest BCUT2D eigenvalue weighted by Crippen LogP contribution is -2.00. The number of imidazole rings is 1. The molecule has 0 unspecified atom stereocenters. The minimum absolute atomic E-state index is 0.863. The molecule has 9 aromatic carbocycles. The van der Waals surface area contributed by atoms with Gasteiger partial charge in [0, 0.05) is 12.1 Å². The zero-order valence-electron chi connectivity index (χ0n) is 28.3. The SMILES string of the molecule is CCc1nc2ccccc2n1-c1ccc(-c2c3ccccc3c(-c3ccc4ccc5ccccc5c4c3)c3cc(-c4ccccc4)ccc23)cc1. The number of fused-ring (bicyclic) bond motifs is 6. The highest BCUT2D eigenvalue weighted by Crippen LogP contribution is 2.46. The second-order valence-corrected chi connectivity index (χ2v) is 13.4. The molecule has 0 atom stereocenters. The van der Waals surface area contributed by atoms with Crippen molar-refractivity contribution in [3.05, 3.63) is 182 Å². The molecule has 0 aliphatic rings. The van der Waals surface area contributed by atoms with Gasteiger partial charge in [0.05, 0.1) is 11.0 Å². The van der Waals surface area contributed by atoms with Gasteiger partial charge in [-0.05, 0) is 113 Å². The van der Waals surface area contributed by atoms with Gasteiger partial charge in [-0.15, -0.1) is 0 Å². The maximum atomic E-state index is 4.94. The maximum absolute atomic E-state index is 4.94. The quantitative estimate of drug-likeness (QED) is 0.134. The molecule has 240 valence electrons. The number of aryl methyl sites for hydroxylation is 1. The third-order valence-corrected chi connectivity index (χ3v) is 10.5. The fraction of sp³-hybridized carbons (Fsp3) is 0.0408.